The van der Waals surface area contributed by atoms with E-state index >= 15 is 0 Å². The number of alkyl halides is 3. The van der Waals surface area contributed by atoms with Gasteiger partial charge in [-0.3, -0.25) is 0 Å². The van der Waals surface area contributed by atoms with Crippen molar-refractivity contribution in [3.8, 4) is 0 Å². The smallest absolute Gasteiger partial charge is 0.353 e. The number of aromatic nitrogens is 1. The van der Waals surface area contributed by atoms with Crippen LogP contribution in [0.5, 0.6) is 0 Å². The lowest BCUT2D eigenvalue weighted by Gasteiger charge is -2.27. The number of benzene rings is 1. The Morgan fingerprint density at radius 1 is 1.23 bits per heavy atom. The lowest BCUT2D eigenvalue weighted by atomic mass is 10.1. The normalized spacial score (nSPS) is 12.8. The second-order valence-electron chi connectivity index (χ2n) is 4.97. The predicted octanol–water partition coefficient (Wildman–Crippen LogP) is 4.30. The maximum atomic E-state index is 13.1. The Morgan fingerprint density at radius 2 is 1.86 bits per heavy atom. The highest BCUT2D eigenvalue weighted by Crippen LogP contribution is 2.34. The van der Waals surface area contributed by atoms with Crippen LogP contribution in [0.15, 0.2) is 42.6 Å². The van der Waals surface area contributed by atoms with E-state index < -0.39 is 11.7 Å². The molecule has 2 aromatic rings. The summed E-state index contributed by atoms with van der Waals surface area (Å²) in [5.74, 6) is 0.217. The SMILES string of the molecule is C[C@H](c1ccccc1)N(C)c1cc(C(F)(F)F)c(C=N)cn1. The molecule has 0 bridgehead atoms. The van der Waals surface area contributed by atoms with Gasteiger partial charge in [0.1, 0.15) is 5.82 Å². The molecule has 22 heavy (non-hydrogen) atoms. The van der Waals surface area contributed by atoms with Crippen molar-refractivity contribution in [2.24, 2.45) is 0 Å². The molecule has 3 nitrogen and oxygen atoms in total. The van der Waals surface area contributed by atoms with E-state index in [4.69, 9.17) is 5.41 Å². The van der Waals surface area contributed by atoms with Gasteiger partial charge in [-0.25, -0.2) is 4.98 Å². The van der Waals surface area contributed by atoms with Gasteiger partial charge in [0, 0.05) is 25.0 Å². The molecule has 2 rings (SSSR count). The number of hydrogen-bond acceptors (Lipinski definition) is 3. The molecule has 1 aromatic carbocycles. The van der Waals surface area contributed by atoms with Crippen molar-refractivity contribution in [3.05, 3.63) is 59.3 Å². The van der Waals surface area contributed by atoms with Crippen LogP contribution in [0.25, 0.3) is 0 Å². The van der Waals surface area contributed by atoms with E-state index in [2.05, 4.69) is 4.98 Å². The number of hydrogen-bond donors (Lipinski definition) is 1. The molecule has 0 aliphatic carbocycles. The number of rotatable bonds is 4. The third-order valence-corrected chi connectivity index (χ3v) is 3.61. The topological polar surface area (TPSA) is 40.0 Å². The lowest BCUT2D eigenvalue weighted by Crippen LogP contribution is -2.23. The summed E-state index contributed by atoms with van der Waals surface area (Å²) in [6.07, 6.45) is -2.76. The summed E-state index contributed by atoms with van der Waals surface area (Å²) in [4.78, 5) is 5.72. The van der Waals surface area contributed by atoms with Crippen LogP contribution in [-0.2, 0) is 6.18 Å². The molecule has 0 unspecified atom stereocenters. The number of nitrogens with one attached hydrogen (secondary N) is 1. The van der Waals surface area contributed by atoms with Crippen molar-refractivity contribution in [1.29, 1.82) is 5.41 Å². The first kappa shape index (κ1) is 16.0. The van der Waals surface area contributed by atoms with Gasteiger partial charge in [0.05, 0.1) is 11.6 Å². The minimum Gasteiger partial charge on any atom is -0.353 e. The Kier molecular flexibility index (Phi) is 4.49. The van der Waals surface area contributed by atoms with Crippen molar-refractivity contribution in [2.75, 3.05) is 11.9 Å². The third kappa shape index (κ3) is 3.27. The fourth-order valence-electron chi connectivity index (χ4n) is 2.16. The van der Waals surface area contributed by atoms with Gasteiger partial charge in [-0.2, -0.15) is 13.2 Å². The van der Waals surface area contributed by atoms with E-state index in [0.29, 0.717) is 6.21 Å². The van der Waals surface area contributed by atoms with Crippen LogP contribution < -0.4 is 4.90 Å². The van der Waals surface area contributed by atoms with E-state index in [1.54, 1.807) is 11.9 Å². The van der Waals surface area contributed by atoms with E-state index in [1.807, 2.05) is 37.3 Å². The Bertz CT molecular complexity index is 653. The van der Waals surface area contributed by atoms with Crippen LogP contribution >= 0.6 is 0 Å². The van der Waals surface area contributed by atoms with Gasteiger partial charge in [-0.05, 0) is 18.6 Å². The molecule has 0 aliphatic rings. The maximum absolute atomic E-state index is 13.1. The Morgan fingerprint density at radius 3 is 2.41 bits per heavy atom. The third-order valence-electron chi connectivity index (χ3n) is 3.61. The molecule has 116 valence electrons. The molecule has 0 aliphatic heterocycles. The maximum Gasteiger partial charge on any atom is 0.417 e. The second kappa shape index (κ2) is 6.17. The predicted molar refractivity (Wildman–Crippen MR) is 80.4 cm³/mol. The Labute approximate surface area is 126 Å². The Balaban J connectivity index is 2.38. The zero-order valence-corrected chi connectivity index (χ0v) is 12.2. The summed E-state index contributed by atoms with van der Waals surface area (Å²) in [5.41, 5.74) is -0.104. The standard InChI is InChI=1S/C16H16F3N3/c1-11(12-6-4-3-5-7-12)22(2)15-8-14(16(17,18)19)13(9-20)10-21-15/h3-11,20H,1-2H3/t11-/m1/s1. The number of pyridine rings is 1. The van der Waals surface area contributed by atoms with Crippen LogP contribution in [-0.4, -0.2) is 18.2 Å². The Hall–Kier alpha value is -2.37. The summed E-state index contributed by atoms with van der Waals surface area (Å²) in [6, 6.07) is 10.3. The highest BCUT2D eigenvalue weighted by atomic mass is 19.4. The largest absolute Gasteiger partial charge is 0.417 e. The van der Waals surface area contributed by atoms with E-state index in [-0.39, 0.29) is 17.4 Å². The van der Waals surface area contributed by atoms with Crippen LogP contribution in [0.4, 0.5) is 19.0 Å². The van der Waals surface area contributed by atoms with Crippen molar-refractivity contribution in [2.45, 2.75) is 19.1 Å². The van der Waals surface area contributed by atoms with Crippen LogP contribution in [0.1, 0.15) is 29.7 Å². The summed E-state index contributed by atoms with van der Waals surface area (Å²) >= 11 is 0. The molecule has 1 atom stereocenters. The molecule has 6 heteroatoms. The van der Waals surface area contributed by atoms with Crippen LogP contribution in [0.3, 0.4) is 0 Å². The molecule has 0 amide bonds. The highest BCUT2D eigenvalue weighted by Gasteiger charge is 2.34. The number of nitrogens with zero attached hydrogens (tertiary/aromatic N) is 2. The van der Waals surface area contributed by atoms with Crippen LogP contribution in [0.2, 0.25) is 0 Å². The lowest BCUT2D eigenvalue weighted by molar-refractivity contribution is -0.137. The molecular formula is C16H16F3N3. The van der Waals surface area contributed by atoms with Gasteiger partial charge in [0.15, 0.2) is 0 Å². The van der Waals surface area contributed by atoms with Crippen LogP contribution in [0, 0.1) is 5.41 Å². The van der Waals surface area contributed by atoms with E-state index in [9.17, 15) is 13.2 Å². The van der Waals surface area contributed by atoms with Gasteiger partial charge in [0.2, 0.25) is 0 Å². The van der Waals surface area contributed by atoms with Crippen molar-refractivity contribution < 1.29 is 13.2 Å². The van der Waals surface area contributed by atoms with Crippen molar-refractivity contribution in [1.82, 2.24) is 4.98 Å². The molecule has 1 aromatic heterocycles. The molecule has 0 fully saturated rings. The first-order chi connectivity index (χ1) is 10.3. The zero-order chi connectivity index (χ0) is 16.3. The first-order valence-corrected chi connectivity index (χ1v) is 6.70. The molecule has 0 radical (unpaired) electrons. The average molecular weight is 307 g/mol. The highest BCUT2D eigenvalue weighted by molar-refractivity contribution is 5.79. The molecule has 1 N–H and O–H groups in total. The second-order valence-corrected chi connectivity index (χ2v) is 4.97. The van der Waals surface area contributed by atoms with E-state index in [1.165, 1.54) is 0 Å². The summed E-state index contributed by atoms with van der Waals surface area (Å²) in [6.45, 7) is 1.90. The minimum atomic E-state index is -4.51. The monoisotopic (exact) mass is 307 g/mol. The zero-order valence-electron chi connectivity index (χ0n) is 12.2. The minimum absolute atomic E-state index is 0.124. The molecular weight excluding hydrogens is 291 g/mol. The summed E-state index contributed by atoms with van der Waals surface area (Å²) in [7, 11) is 1.70. The average Bonchev–Trinajstić information content (AvgIpc) is 2.52. The number of halogens is 3. The molecule has 0 saturated carbocycles. The fraction of sp³-hybridized carbons (Fsp3) is 0.250. The molecule has 1 heterocycles. The van der Waals surface area contributed by atoms with Gasteiger partial charge in [-0.15, -0.1) is 0 Å². The summed E-state index contributed by atoms with van der Waals surface area (Å²) < 4.78 is 39.2. The molecule has 0 spiro atoms. The molecule has 0 saturated heterocycles. The van der Waals surface area contributed by atoms with E-state index in [0.717, 1.165) is 17.8 Å². The summed E-state index contributed by atoms with van der Waals surface area (Å²) in [5, 5.41) is 7.08. The quantitative estimate of drug-likeness (QED) is 0.856. The fourth-order valence-corrected chi connectivity index (χ4v) is 2.16. The van der Waals surface area contributed by atoms with Gasteiger partial charge in [0.25, 0.3) is 0 Å². The van der Waals surface area contributed by atoms with Crippen molar-refractivity contribution in [3.63, 3.8) is 0 Å². The van der Waals surface area contributed by atoms with Crippen molar-refractivity contribution >= 4 is 12.0 Å². The van der Waals surface area contributed by atoms with Gasteiger partial charge < -0.3 is 10.3 Å². The van der Waals surface area contributed by atoms with Gasteiger partial charge >= 0.3 is 6.18 Å². The first-order valence-electron chi connectivity index (χ1n) is 6.70. The van der Waals surface area contributed by atoms with Gasteiger partial charge in [-0.1, -0.05) is 30.3 Å². The number of anilines is 1.